The number of hydrogen-bond donors (Lipinski definition) is 2. The lowest BCUT2D eigenvalue weighted by atomic mass is 10.4. The summed E-state index contributed by atoms with van der Waals surface area (Å²) in [7, 11) is 0. The van der Waals surface area contributed by atoms with E-state index in [0.717, 1.165) is 11.4 Å². The lowest BCUT2D eigenvalue weighted by Gasteiger charge is -2.06. The van der Waals surface area contributed by atoms with E-state index in [1.54, 1.807) is 0 Å². The van der Waals surface area contributed by atoms with Gasteiger partial charge in [-0.3, -0.25) is 0 Å². The number of aliphatic hydroxyl groups excluding tert-OH is 1. The molecule has 1 aromatic heterocycles. The molecule has 13 heavy (non-hydrogen) atoms. The van der Waals surface area contributed by atoms with Gasteiger partial charge in [0.1, 0.15) is 4.99 Å². The normalized spacial score (nSPS) is 10.4. The number of imidazole rings is 1. The van der Waals surface area contributed by atoms with Crippen LogP contribution in [0.15, 0.2) is 0 Å². The Morgan fingerprint density at radius 3 is 2.69 bits per heavy atom. The summed E-state index contributed by atoms with van der Waals surface area (Å²) >= 11 is 4.85. The Bertz CT molecular complexity index is 332. The van der Waals surface area contributed by atoms with Crippen molar-refractivity contribution in [2.24, 2.45) is 5.73 Å². The summed E-state index contributed by atoms with van der Waals surface area (Å²) in [5.41, 5.74) is 7.39. The summed E-state index contributed by atoms with van der Waals surface area (Å²) in [5.74, 6) is 0.582. The minimum atomic E-state index is 0.0618. The van der Waals surface area contributed by atoms with E-state index < -0.39 is 0 Å². The van der Waals surface area contributed by atoms with Gasteiger partial charge in [-0.1, -0.05) is 12.2 Å². The second-order valence-electron chi connectivity index (χ2n) is 2.85. The van der Waals surface area contributed by atoms with Crippen LogP contribution in [0.2, 0.25) is 0 Å². The Hall–Kier alpha value is -0.940. The molecule has 0 bridgehead atoms. The topological polar surface area (TPSA) is 64.1 Å². The highest BCUT2D eigenvalue weighted by molar-refractivity contribution is 7.80. The second kappa shape index (κ2) is 3.85. The van der Waals surface area contributed by atoms with Crippen molar-refractivity contribution >= 4 is 17.2 Å². The molecule has 0 saturated carbocycles. The van der Waals surface area contributed by atoms with Gasteiger partial charge in [-0.15, -0.1) is 0 Å². The van der Waals surface area contributed by atoms with Crippen LogP contribution in [0, 0.1) is 13.8 Å². The zero-order valence-corrected chi connectivity index (χ0v) is 8.56. The number of aliphatic hydroxyl groups is 1. The van der Waals surface area contributed by atoms with Gasteiger partial charge in [-0.25, -0.2) is 4.98 Å². The van der Waals surface area contributed by atoms with Crippen molar-refractivity contribution in [2.45, 2.75) is 20.4 Å². The molecule has 0 spiro atoms. The average Bonchev–Trinajstić information content (AvgIpc) is 2.33. The number of thiocarbonyl (C=S) groups is 1. The Morgan fingerprint density at radius 2 is 2.23 bits per heavy atom. The van der Waals surface area contributed by atoms with Crippen LogP contribution in [0.25, 0.3) is 0 Å². The van der Waals surface area contributed by atoms with Crippen molar-refractivity contribution in [1.82, 2.24) is 9.55 Å². The molecule has 0 fully saturated rings. The highest BCUT2D eigenvalue weighted by atomic mass is 32.1. The van der Waals surface area contributed by atoms with Crippen LogP contribution in [0.1, 0.15) is 17.2 Å². The molecule has 0 aliphatic rings. The van der Waals surface area contributed by atoms with E-state index in [1.807, 2.05) is 18.4 Å². The lowest BCUT2D eigenvalue weighted by Crippen LogP contribution is -2.18. The fraction of sp³-hybridized carbons (Fsp3) is 0.500. The van der Waals surface area contributed by atoms with Gasteiger partial charge in [0.05, 0.1) is 12.3 Å². The quantitative estimate of drug-likeness (QED) is 0.679. The minimum Gasteiger partial charge on any atom is -0.395 e. The number of nitrogens with zero attached hydrogens (tertiary/aromatic N) is 2. The van der Waals surface area contributed by atoms with Gasteiger partial charge in [-0.2, -0.15) is 0 Å². The SMILES string of the molecule is Cc1nc(C(N)=S)n(CCO)c1C. The van der Waals surface area contributed by atoms with Gasteiger partial charge < -0.3 is 15.4 Å². The van der Waals surface area contributed by atoms with E-state index >= 15 is 0 Å². The van der Waals surface area contributed by atoms with Crippen molar-refractivity contribution in [3.8, 4) is 0 Å². The minimum absolute atomic E-state index is 0.0618. The predicted molar refractivity (Wildman–Crippen MR) is 54.7 cm³/mol. The maximum Gasteiger partial charge on any atom is 0.167 e. The monoisotopic (exact) mass is 199 g/mol. The molecule has 0 atom stereocenters. The van der Waals surface area contributed by atoms with Gasteiger partial charge in [-0.05, 0) is 13.8 Å². The van der Waals surface area contributed by atoms with E-state index in [-0.39, 0.29) is 11.6 Å². The van der Waals surface area contributed by atoms with Crippen molar-refractivity contribution in [3.05, 3.63) is 17.2 Å². The van der Waals surface area contributed by atoms with Crippen LogP contribution >= 0.6 is 12.2 Å². The fourth-order valence-corrected chi connectivity index (χ4v) is 1.37. The summed E-state index contributed by atoms with van der Waals surface area (Å²) in [6, 6.07) is 0. The molecule has 0 radical (unpaired) electrons. The largest absolute Gasteiger partial charge is 0.395 e. The Balaban J connectivity index is 3.18. The number of aromatic nitrogens is 2. The Kier molecular flexibility index (Phi) is 3.00. The van der Waals surface area contributed by atoms with Crippen molar-refractivity contribution in [2.75, 3.05) is 6.61 Å². The van der Waals surface area contributed by atoms with E-state index in [4.69, 9.17) is 23.1 Å². The van der Waals surface area contributed by atoms with Crippen molar-refractivity contribution in [1.29, 1.82) is 0 Å². The summed E-state index contributed by atoms with van der Waals surface area (Å²) in [6.07, 6.45) is 0. The highest BCUT2D eigenvalue weighted by Crippen LogP contribution is 2.09. The van der Waals surface area contributed by atoms with Crippen LogP contribution in [-0.2, 0) is 6.54 Å². The molecule has 5 heteroatoms. The lowest BCUT2D eigenvalue weighted by molar-refractivity contribution is 0.274. The maximum atomic E-state index is 8.83. The van der Waals surface area contributed by atoms with Gasteiger partial charge in [0.2, 0.25) is 0 Å². The first-order valence-corrected chi connectivity index (χ1v) is 4.43. The third-order valence-electron chi connectivity index (χ3n) is 2.00. The van der Waals surface area contributed by atoms with Crippen molar-refractivity contribution < 1.29 is 5.11 Å². The molecule has 72 valence electrons. The molecule has 4 nitrogen and oxygen atoms in total. The van der Waals surface area contributed by atoms with Crippen LogP contribution in [-0.4, -0.2) is 26.3 Å². The second-order valence-corrected chi connectivity index (χ2v) is 3.29. The highest BCUT2D eigenvalue weighted by Gasteiger charge is 2.11. The summed E-state index contributed by atoms with van der Waals surface area (Å²) in [5, 5.41) is 8.83. The standard InChI is InChI=1S/C8H13N3OS/c1-5-6(2)11(3-4-12)8(10-5)7(9)13/h12H,3-4H2,1-2H3,(H2,9,13). The zero-order valence-electron chi connectivity index (χ0n) is 7.74. The zero-order chi connectivity index (χ0) is 10.0. The molecule has 0 aromatic carbocycles. The number of hydrogen-bond acceptors (Lipinski definition) is 3. The van der Waals surface area contributed by atoms with E-state index in [9.17, 15) is 0 Å². The Labute approximate surface area is 82.4 Å². The third kappa shape index (κ3) is 1.87. The molecule has 1 aromatic rings. The molecule has 0 aliphatic carbocycles. The summed E-state index contributed by atoms with van der Waals surface area (Å²) < 4.78 is 1.83. The van der Waals surface area contributed by atoms with Crippen molar-refractivity contribution in [3.63, 3.8) is 0 Å². The number of rotatable bonds is 3. The molecular weight excluding hydrogens is 186 g/mol. The number of aryl methyl sites for hydroxylation is 1. The van der Waals surface area contributed by atoms with Crippen LogP contribution in [0.4, 0.5) is 0 Å². The molecule has 0 unspecified atom stereocenters. The maximum absolute atomic E-state index is 8.83. The van der Waals surface area contributed by atoms with Gasteiger partial charge in [0.15, 0.2) is 5.82 Å². The smallest absolute Gasteiger partial charge is 0.167 e. The molecule has 0 saturated heterocycles. The predicted octanol–water partition coefficient (Wildman–Crippen LogP) is 0.126. The molecule has 3 N–H and O–H groups in total. The fourth-order valence-electron chi connectivity index (χ4n) is 1.22. The first-order valence-electron chi connectivity index (χ1n) is 4.02. The molecular formula is C8H13N3OS. The summed E-state index contributed by atoms with van der Waals surface area (Å²) in [6.45, 7) is 4.37. The van der Waals surface area contributed by atoms with Gasteiger partial charge >= 0.3 is 0 Å². The van der Waals surface area contributed by atoms with Crippen LogP contribution in [0.3, 0.4) is 0 Å². The van der Waals surface area contributed by atoms with Crippen LogP contribution < -0.4 is 5.73 Å². The third-order valence-corrected chi connectivity index (χ3v) is 2.18. The Morgan fingerprint density at radius 1 is 1.62 bits per heavy atom. The number of nitrogens with two attached hydrogens (primary N) is 1. The van der Waals surface area contributed by atoms with E-state index in [2.05, 4.69) is 4.98 Å². The van der Waals surface area contributed by atoms with Gasteiger partial charge in [0.25, 0.3) is 0 Å². The molecule has 0 aliphatic heterocycles. The molecule has 1 rings (SSSR count). The van der Waals surface area contributed by atoms with E-state index in [0.29, 0.717) is 12.4 Å². The first-order chi connectivity index (χ1) is 6.07. The molecule has 1 heterocycles. The first kappa shape index (κ1) is 10.1. The molecule has 0 amide bonds. The average molecular weight is 199 g/mol. The summed E-state index contributed by atoms with van der Waals surface area (Å²) in [4.78, 5) is 4.48. The van der Waals surface area contributed by atoms with E-state index in [1.165, 1.54) is 0 Å². The van der Waals surface area contributed by atoms with Gasteiger partial charge in [0, 0.05) is 12.2 Å². The van der Waals surface area contributed by atoms with Crippen LogP contribution in [0.5, 0.6) is 0 Å².